The minimum Gasteiger partial charge on any atom is -0.198 e. The van der Waals surface area contributed by atoms with Gasteiger partial charge < -0.3 is 0 Å². The maximum absolute atomic E-state index is 8.48. The van der Waals surface area contributed by atoms with E-state index >= 15 is 0 Å². The Bertz CT molecular complexity index is 171. The molecule has 0 bridgehead atoms. The molecule has 0 spiro atoms. The molecule has 0 amide bonds. The summed E-state index contributed by atoms with van der Waals surface area (Å²) < 4.78 is 0. The van der Waals surface area contributed by atoms with Crippen LogP contribution in [0.25, 0.3) is 0 Å². The van der Waals surface area contributed by atoms with Gasteiger partial charge in [-0.25, -0.2) is 0 Å². The van der Waals surface area contributed by atoms with Crippen molar-refractivity contribution < 1.29 is 0 Å². The van der Waals surface area contributed by atoms with Crippen molar-refractivity contribution >= 4 is 0 Å². The lowest BCUT2D eigenvalue weighted by molar-refractivity contribution is 0.624. The Morgan fingerprint density at radius 2 is 2.20 bits per heavy atom. The predicted molar refractivity (Wildman–Crippen MR) is 38.8 cm³/mol. The van der Waals surface area contributed by atoms with Gasteiger partial charge in [0, 0.05) is 6.42 Å². The Balaban J connectivity index is 3.54. The molecule has 0 fully saturated rings. The molecule has 2 heteroatoms. The van der Waals surface area contributed by atoms with E-state index in [1.807, 2.05) is 6.07 Å². The van der Waals surface area contributed by atoms with Crippen molar-refractivity contribution in [3.05, 3.63) is 12.7 Å². The average Bonchev–Trinajstić information content (AvgIpc) is 1.98. The summed E-state index contributed by atoms with van der Waals surface area (Å²) in [5.41, 5.74) is 0. The SMILES string of the molecule is C=CCC(C#N)CCC#N. The van der Waals surface area contributed by atoms with E-state index in [-0.39, 0.29) is 5.92 Å². The van der Waals surface area contributed by atoms with Crippen LogP contribution in [0.5, 0.6) is 0 Å². The molecule has 0 aromatic carbocycles. The second-order valence-corrected chi connectivity index (χ2v) is 2.05. The lowest BCUT2D eigenvalue weighted by Crippen LogP contribution is -1.93. The smallest absolute Gasteiger partial charge is 0.0659 e. The second kappa shape index (κ2) is 5.85. The van der Waals surface area contributed by atoms with Crippen molar-refractivity contribution in [1.29, 1.82) is 10.5 Å². The number of rotatable bonds is 4. The highest BCUT2D eigenvalue weighted by Crippen LogP contribution is 2.09. The summed E-state index contributed by atoms with van der Waals surface area (Å²) in [6, 6.07) is 4.12. The van der Waals surface area contributed by atoms with Gasteiger partial charge in [-0.3, -0.25) is 0 Å². The molecular weight excluding hydrogens is 124 g/mol. The highest BCUT2D eigenvalue weighted by atomic mass is 14.3. The minimum atomic E-state index is -0.0165. The van der Waals surface area contributed by atoms with Gasteiger partial charge in [-0.05, 0) is 12.8 Å². The summed E-state index contributed by atoms with van der Waals surface area (Å²) in [7, 11) is 0. The summed E-state index contributed by atoms with van der Waals surface area (Å²) in [6.07, 6.45) is 3.54. The van der Waals surface area contributed by atoms with Gasteiger partial charge in [0.1, 0.15) is 0 Å². The van der Waals surface area contributed by atoms with Crippen LogP contribution in [0.4, 0.5) is 0 Å². The molecule has 2 nitrogen and oxygen atoms in total. The van der Waals surface area contributed by atoms with Gasteiger partial charge in [-0.1, -0.05) is 6.08 Å². The first-order chi connectivity index (χ1) is 4.85. The number of hydrogen-bond acceptors (Lipinski definition) is 2. The standard InChI is InChI=1S/C8H10N2/c1-2-4-8(7-10)5-3-6-9/h2,8H,1,3-5H2. The van der Waals surface area contributed by atoms with Crippen LogP contribution in [0.15, 0.2) is 12.7 Å². The Kier molecular flexibility index (Phi) is 5.10. The normalized spacial score (nSPS) is 11.0. The Morgan fingerprint density at radius 3 is 2.60 bits per heavy atom. The Labute approximate surface area is 61.4 Å². The molecule has 0 rings (SSSR count). The van der Waals surface area contributed by atoms with Crippen LogP contribution in [0.3, 0.4) is 0 Å². The van der Waals surface area contributed by atoms with Crippen LogP contribution in [0.1, 0.15) is 19.3 Å². The van der Waals surface area contributed by atoms with Crippen LogP contribution in [-0.2, 0) is 0 Å². The van der Waals surface area contributed by atoms with Crippen LogP contribution >= 0.6 is 0 Å². The molecule has 0 aliphatic carbocycles. The van der Waals surface area contributed by atoms with Gasteiger partial charge in [0.25, 0.3) is 0 Å². The van der Waals surface area contributed by atoms with E-state index in [4.69, 9.17) is 10.5 Å². The molecule has 1 unspecified atom stereocenters. The zero-order valence-corrected chi connectivity index (χ0v) is 5.88. The van der Waals surface area contributed by atoms with Crippen molar-refractivity contribution in [2.45, 2.75) is 19.3 Å². The predicted octanol–water partition coefficient (Wildman–Crippen LogP) is 2.01. The highest BCUT2D eigenvalue weighted by molar-refractivity contribution is 4.89. The van der Waals surface area contributed by atoms with Gasteiger partial charge in [-0.15, -0.1) is 6.58 Å². The fraction of sp³-hybridized carbons (Fsp3) is 0.500. The van der Waals surface area contributed by atoms with E-state index in [0.717, 1.165) is 0 Å². The fourth-order valence-electron chi connectivity index (χ4n) is 0.675. The summed E-state index contributed by atoms with van der Waals surface area (Å²) in [4.78, 5) is 0. The number of hydrogen-bond donors (Lipinski definition) is 0. The van der Waals surface area contributed by atoms with E-state index in [1.54, 1.807) is 6.08 Å². The van der Waals surface area contributed by atoms with Gasteiger partial charge in [0.05, 0.1) is 18.1 Å². The van der Waals surface area contributed by atoms with E-state index in [0.29, 0.717) is 19.3 Å². The first-order valence-corrected chi connectivity index (χ1v) is 3.22. The molecule has 10 heavy (non-hydrogen) atoms. The summed E-state index contributed by atoms with van der Waals surface area (Å²) in [6.45, 7) is 3.52. The molecule has 1 atom stereocenters. The van der Waals surface area contributed by atoms with Crippen molar-refractivity contribution in [1.82, 2.24) is 0 Å². The fourth-order valence-corrected chi connectivity index (χ4v) is 0.675. The third kappa shape index (κ3) is 3.69. The minimum absolute atomic E-state index is 0.0165. The maximum Gasteiger partial charge on any atom is 0.0659 e. The molecule has 0 aliphatic rings. The van der Waals surface area contributed by atoms with Crippen LogP contribution in [0.2, 0.25) is 0 Å². The van der Waals surface area contributed by atoms with Crippen LogP contribution in [-0.4, -0.2) is 0 Å². The van der Waals surface area contributed by atoms with Gasteiger partial charge in [-0.2, -0.15) is 10.5 Å². The number of allylic oxidation sites excluding steroid dienone is 1. The molecule has 0 N–H and O–H groups in total. The van der Waals surface area contributed by atoms with Crippen molar-refractivity contribution in [3.8, 4) is 12.1 Å². The number of nitriles is 2. The van der Waals surface area contributed by atoms with Crippen molar-refractivity contribution in [2.24, 2.45) is 5.92 Å². The Hall–Kier alpha value is -1.28. The zero-order chi connectivity index (χ0) is 7.82. The molecule has 0 saturated heterocycles. The first kappa shape index (κ1) is 8.72. The van der Waals surface area contributed by atoms with E-state index in [1.165, 1.54) is 0 Å². The van der Waals surface area contributed by atoms with Gasteiger partial charge >= 0.3 is 0 Å². The molecule has 0 heterocycles. The maximum atomic E-state index is 8.48. The van der Waals surface area contributed by atoms with Crippen molar-refractivity contribution in [2.75, 3.05) is 0 Å². The molecule has 0 aromatic rings. The zero-order valence-electron chi connectivity index (χ0n) is 5.88. The number of nitrogens with zero attached hydrogens (tertiary/aromatic N) is 2. The van der Waals surface area contributed by atoms with E-state index in [9.17, 15) is 0 Å². The summed E-state index contributed by atoms with van der Waals surface area (Å²) >= 11 is 0. The van der Waals surface area contributed by atoms with Crippen LogP contribution in [0, 0.1) is 28.6 Å². The third-order valence-electron chi connectivity index (χ3n) is 1.24. The molecule has 0 aromatic heterocycles. The lowest BCUT2D eigenvalue weighted by Gasteiger charge is -1.99. The monoisotopic (exact) mass is 134 g/mol. The van der Waals surface area contributed by atoms with E-state index < -0.39 is 0 Å². The lowest BCUT2D eigenvalue weighted by atomic mass is 10.0. The first-order valence-electron chi connectivity index (χ1n) is 3.22. The second-order valence-electron chi connectivity index (χ2n) is 2.05. The largest absolute Gasteiger partial charge is 0.198 e. The van der Waals surface area contributed by atoms with Gasteiger partial charge in [0.15, 0.2) is 0 Å². The Morgan fingerprint density at radius 1 is 1.50 bits per heavy atom. The quantitative estimate of drug-likeness (QED) is 0.552. The topological polar surface area (TPSA) is 47.6 Å². The highest BCUT2D eigenvalue weighted by Gasteiger charge is 2.02. The van der Waals surface area contributed by atoms with E-state index in [2.05, 4.69) is 12.6 Å². The molecule has 0 saturated carbocycles. The molecule has 52 valence electrons. The van der Waals surface area contributed by atoms with Crippen molar-refractivity contribution in [3.63, 3.8) is 0 Å². The van der Waals surface area contributed by atoms with Crippen LogP contribution < -0.4 is 0 Å². The summed E-state index contributed by atoms with van der Waals surface area (Å²) in [5, 5.41) is 16.7. The third-order valence-corrected chi connectivity index (χ3v) is 1.24. The average molecular weight is 134 g/mol. The molecule has 0 radical (unpaired) electrons. The molecular formula is C8H10N2. The molecule has 0 aliphatic heterocycles. The summed E-state index contributed by atoms with van der Waals surface area (Å²) in [5.74, 6) is -0.0165. The van der Waals surface area contributed by atoms with Gasteiger partial charge in [0.2, 0.25) is 0 Å².